The van der Waals surface area contributed by atoms with E-state index in [1.807, 2.05) is 0 Å². The van der Waals surface area contributed by atoms with Crippen LogP contribution in [0.25, 0.3) is 0 Å². The molecule has 1 aromatic heterocycles. The van der Waals surface area contributed by atoms with Crippen molar-refractivity contribution < 1.29 is 18.3 Å². The Morgan fingerprint density at radius 3 is 2.50 bits per heavy atom. The first-order valence-electron chi connectivity index (χ1n) is 5.60. The van der Waals surface area contributed by atoms with Crippen LogP contribution in [-0.2, 0) is 15.8 Å². The number of carboxylic acid groups (broad SMARTS) is 1. The van der Waals surface area contributed by atoms with E-state index in [9.17, 15) is 13.2 Å². The number of aromatic nitrogens is 1. The molecule has 106 valence electrons. The second kappa shape index (κ2) is 5.59. The zero-order chi connectivity index (χ0) is 14.8. The largest absolute Gasteiger partial charge is 0.478 e. The van der Waals surface area contributed by atoms with Crippen molar-refractivity contribution in [2.24, 2.45) is 0 Å². The lowest BCUT2D eigenvalue weighted by Gasteiger charge is -2.05. The highest BCUT2D eigenvalue weighted by Gasteiger charge is 2.14. The van der Waals surface area contributed by atoms with Gasteiger partial charge in [-0.3, -0.25) is 4.72 Å². The SMILES string of the molecule is Cc1csc(NS(=O)(=O)Cc2ccc(C(=O)O)cc2)n1. The minimum atomic E-state index is -3.56. The van der Waals surface area contributed by atoms with Crippen LogP contribution in [-0.4, -0.2) is 24.5 Å². The number of benzene rings is 1. The van der Waals surface area contributed by atoms with Crippen molar-refractivity contribution in [2.75, 3.05) is 4.72 Å². The lowest BCUT2D eigenvalue weighted by atomic mass is 10.1. The van der Waals surface area contributed by atoms with Crippen molar-refractivity contribution in [1.29, 1.82) is 0 Å². The molecule has 0 aliphatic carbocycles. The summed E-state index contributed by atoms with van der Waals surface area (Å²) < 4.78 is 26.3. The zero-order valence-electron chi connectivity index (χ0n) is 10.5. The number of hydrogen-bond acceptors (Lipinski definition) is 5. The van der Waals surface area contributed by atoms with Crippen LogP contribution >= 0.6 is 11.3 Å². The summed E-state index contributed by atoms with van der Waals surface area (Å²) in [6, 6.07) is 5.72. The number of nitrogens with one attached hydrogen (secondary N) is 1. The molecule has 2 aromatic rings. The van der Waals surface area contributed by atoms with Gasteiger partial charge in [-0.25, -0.2) is 18.2 Å². The second-order valence-electron chi connectivity index (χ2n) is 4.16. The minimum absolute atomic E-state index is 0.120. The van der Waals surface area contributed by atoms with E-state index in [0.717, 1.165) is 5.69 Å². The van der Waals surface area contributed by atoms with Crippen LogP contribution in [0.15, 0.2) is 29.6 Å². The van der Waals surface area contributed by atoms with E-state index >= 15 is 0 Å². The maximum atomic E-state index is 11.9. The average Bonchev–Trinajstić information content (AvgIpc) is 2.73. The van der Waals surface area contributed by atoms with E-state index in [2.05, 4.69) is 9.71 Å². The van der Waals surface area contributed by atoms with Crippen LogP contribution in [0.4, 0.5) is 5.13 Å². The molecule has 0 bridgehead atoms. The van der Waals surface area contributed by atoms with E-state index in [0.29, 0.717) is 10.7 Å². The van der Waals surface area contributed by atoms with Gasteiger partial charge in [0.1, 0.15) is 0 Å². The van der Waals surface area contributed by atoms with Crippen molar-refractivity contribution in [3.8, 4) is 0 Å². The predicted molar refractivity (Wildman–Crippen MR) is 76.5 cm³/mol. The molecule has 1 aromatic carbocycles. The van der Waals surface area contributed by atoms with Crippen LogP contribution in [0.2, 0.25) is 0 Å². The van der Waals surface area contributed by atoms with Gasteiger partial charge in [-0.2, -0.15) is 0 Å². The van der Waals surface area contributed by atoms with Gasteiger partial charge in [0.15, 0.2) is 5.13 Å². The molecule has 20 heavy (non-hydrogen) atoms. The van der Waals surface area contributed by atoms with Gasteiger partial charge in [-0.05, 0) is 24.6 Å². The fourth-order valence-electron chi connectivity index (χ4n) is 1.53. The molecule has 0 spiro atoms. The van der Waals surface area contributed by atoms with E-state index in [-0.39, 0.29) is 11.3 Å². The first-order valence-corrected chi connectivity index (χ1v) is 8.14. The standard InChI is InChI=1S/C12H12N2O4S2/c1-8-6-19-12(13-8)14-20(17,18)7-9-2-4-10(5-3-9)11(15)16/h2-6H,7H2,1H3,(H,13,14)(H,15,16). The topological polar surface area (TPSA) is 96.4 Å². The highest BCUT2D eigenvalue weighted by molar-refractivity contribution is 7.92. The Morgan fingerprint density at radius 2 is 2.00 bits per heavy atom. The number of sulfonamides is 1. The Kier molecular flexibility index (Phi) is 4.05. The van der Waals surface area contributed by atoms with Crippen molar-refractivity contribution in [1.82, 2.24) is 4.98 Å². The lowest BCUT2D eigenvalue weighted by molar-refractivity contribution is 0.0697. The number of carboxylic acids is 1. The Balaban J connectivity index is 2.09. The molecule has 0 atom stereocenters. The molecule has 8 heteroatoms. The molecule has 0 unspecified atom stereocenters. The van der Waals surface area contributed by atoms with Gasteiger partial charge in [0.25, 0.3) is 0 Å². The number of nitrogens with zero attached hydrogens (tertiary/aromatic N) is 1. The van der Waals surface area contributed by atoms with Crippen LogP contribution in [0.5, 0.6) is 0 Å². The first kappa shape index (κ1) is 14.5. The molecule has 0 aliphatic rings. The van der Waals surface area contributed by atoms with Gasteiger partial charge in [0.05, 0.1) is 17.0 Å². The number of aromatic carboxylic acids is 1. The van der Waals surface area contributed by atoms with Crippen molar-refractivity contribution in [3.63, 3.8) is 0 Å². The van der Waals surface area contributed by atoms with Crippen molar-refractivity contribution in [2.45, 2.75) is 12.7 Å². The van der Waals surface area contributed by atoms with Crippen LogP contribution in [0, 0.1) is 6.92 Å². The van der Waals surface area contributed by atoms with E-state index < -0.39 is 16.0 Å². The number of anilines is 1. The van der Waals surface area contributed by atoms with Crippen LogP contribution in [0.3, 0.4) is 0 Å². The molecular formula is C12H12N2O4S2. The number of aryl methyl sites for hydroxylation is 1. The van der Waals surface area contributed by atoms with Gasteiger partial charge in [-0.15, -0.1) is 11.3 Å². The van der Waals surface area contributed by atoms with Gasteiger partial charge in [0, 0.05) is 5.38 Å². The Hall–Kier alpha value is -1.93. The lowest BCUT2D eigenvalue weighted by Crippen LogP contribution is -2.15. The summed E-state index contributed by atoms with van der Waals surface area (Å²) in [6.45, 7) is 1.78. The molecule has 2 rings (SSSR count). The Labute approximate surface area is 120 Å². The molecule has 1 heterocycles. The summed E-state index contributed by atoms with van der Waals surface area (Å²) in [7, 11) is -3.56. The third-order valence-electron chi connectivity index (χ3n) is 2.42. The highest BCUT2D eigenvalue weighted by atomic mass is 32.2. The van der Waals surface area contributed by atoms with Gasteiger partial charge in [0.2, 0.25) is 10.0 Å². The number of rotatable bonds is 5. The van der Waals surface area contributed by atoms with Gasteiger partial charge < -0.3 is 5.11 Å². The summed E-state index contributed by atoms with van der Waals surface area (Å²) in [5, 5.41) is 10.8. The quantitative estimate of drug-likeness (QED) is 0.881. The number of thiazole rings is 1. The smallest absolute Gasteiger partial charge is 0.335 e. The summed E-state index contributed by atoms with van der Waals surface area (Å²) in [5.41, 5.74) is 1.38. The first-order chi connectivity index (χ1) is 9.35. The zero-order valence-corrected chi connectivity index (χ0v) is 12.2. The van der Waals surface area contributed by atoms with Crippen molar-refractivity contribution >= 4 is 32.5 Å². The number of hydrogen-bond donors (Lipinski definition) is 2. The third-order valence-corrected chi connectivity index (χ3v) is 4.64. The van der Waals surface area contributed by atoms with Crippen LogP contribution in [0.1, 0.15) is 21.6 Å². The van der Waals surface area contributed by atoms with Gasteiger partial charge >= 0.3 is 5.97 Å². The molecule has 6 nitrogen and oxygen atoms in total. The fraction of sp³-hybridized carbons (Fsp3) is 0.167. The molecular weight excluding hydrogens is 300 g/mol. The van der Waals surface area contributed by atoms with E-state index in [1.54, 1.807) is 12.3 Å². The van der Waals surface area contributed by atoms with Crippen molar-refractivity contribution in [3.05, 3.63) is 46.5 Å². The molecule has 0 saturated heterocycles. The summed E-state index contributed by atoms with van der Waals surface area (Å²) in [5.74, 6) is -1.28. The van der Waals surface area contributed by atoms with Gasteiger partial charge in [-0.1, -0.05) is 12.1 Å². The molecule has 0 saturated carbocycles. The normalized spacial score (nSPS) is 11.2. The molecule has 0 aliphatic heterocycles. The molecule has 0 amide bonds. The molecule has 2 N–H and O–H groups in total. The third kappa shape index (κ3) is 3.78. The Morgan fingerprint density at radius 1 is 1.35 bits per heavy atom. The monoisotopic (exact) mass is 312 g/mol. The predicted octanol–water partition coefficient (Wildman–Crippen LogP) is 2.09. The molecule has 0 fully saturated rings. The number of carbonyl (C=O) groups is 1. The maximum Gasteiger partial charge on any atom is 0.335 e. The Bertz CT molecular complexity index is 720. The summed E-state index contributed by atoms with van der Waals surface area (Å²) in [6.07, 6.45) is 0. The average molecular weight is 312 g/mol. The summed E-state index contributed by atoms with van der Waals surface area (Å²) in [4.78, 5) is 14.7. The van der Waals surface area contributed by atoms with E-state index in [4.69, 9.17) is 5.11 Å². The molecule has 0 radical (unpaired) electrons. The summed E-state index contributed by atoms with van der Waals surface area (Å²) >= 11 is 1.21. The fourth-order valence-corrected chi connectivity index (χ4v) is 3.65. The van der Waals surface area contributed by atoms with E-state index in [1.165, 1.54) is 35.6 Å². The second-order valence-corrected chi connectivity index (χ2v) is 6.74. The maximum absolute atomic E-state index is 11.9. The minimum Gasteiger partial charge on any atom is -0.478 e. The van der Waals surface area contributed by atoms with Crippen LogP contribution < -0.4 is 4.72 Å². The highest BCUT2D eigenvalue weighted by Crippen LogP contribution is 2.17.